The molecule has 1 aliphatic carbocycles. The number of alkyl halides is 3. The van der Waals surface area contributed by atoms with Crippen LogP contribution in [0.5, 0.6) is 5.75 Å². The Bertz CT molecular complexity index is 1060. The van der Waals surface area contributed by atoms with Crippen molar-refractivity contribution in [2.45, 2.75) is 39.0 Å². The van der Waals surface area contributed by atoms with Crippen LogP contribution in [0, 0.1) is 11.8 Å². The number of halogens is 3. The summed E-state index contributed by atoms with van der Waals surface area (Å²) in [5.41, 5.74) is 6.65. The lowest BCUT2D eigenvalue weighted by Crippen LogP contribution is -2.54. The van der Waals surface area contributed by atoms with Gasteiger partial charge in [0, 0.05) is 42.6 Å². The van der Waals surface area contributed by atoms with Crippen molar-refractivity contribution in [3.05, 3.63) is 54.4 Å². The Morgan fingerprint density at radius 3 is 2.63 bits per heavy atom. The summed E-state index contributed by atoms with van der Waals surface area (Å²) in [7, 11) is 3.10. The lowest BCUT2D eigenvalue weighted by atomic mass is 9.95. The quantitative estimate of drug-likeness (QED) is 0.425. The van der Waals surface area contributed by atoms with E-state index in [0.717, 1.165) is 17.8 Å². The molecule has 0 bridgehead atoms. The summed E-state index contributed by atoms with van der Waals surface area (Å²) in [5, 5.41) is 5.97. The highest BCUT2D eigenvalue weighted by Crippen LogP contribution is 2.42. The summed E-state index contributed by atoms with van der Waals surface area (Å²) in [5.74, 6) is 1.41. The van der Waals surface area contributed by atoms with Gasteiger partial charge in [-0.1, -0.05) is 18.2 Å². The Morgan fingerprint density at radius 2 is 2.00 bits per heavy atom. The maximum atomic E-state index is 12.7. The van der Waals surface area contributed by atoms with Gasteiger partial charge in [0.05, 0.1) is 25.9 Å². The number of quaternary nitrogens is 1. The number of hydrogen-bond acceptors (Lipinski definition) is 5. The molecule has 0 aromatic heterocycles. The van der Waals surface area contributed by atoms with E-state index in [1.807, 2.05) is 47.8 Å². The van der Waals surface area contributed by atoms with Crippen molar-refractivity contribution in [1.29, 1.82) is 0 Å². The average Bonchev–Trinajstić information content (AvgIpc) is 3.54. The number of urea groups is 1. The topological polar surface area (TPSA) is 56.8 Å². The smallest absolute Gasteiger partial charge is 0.421 e. The maximum absolute atomic E-state index is 12.7. The molecule has 1 saturated carbocycles. The van der Waals surface area contributed by atoms with Gasteiger partial charge in [-0.2, -0.15) is 13.2 Å². The predicted octanol–water partition coefficient (Wildman–Crippen LogP) is 4.76. The molecule has 1 unspecified atom stereocenters. The summed E-state index contributed by atoms with van der Waals surface area (Å²) in [6.07, 6.45) is 3.83. The third kappa shape index (κ3) is 5.65. The number of nitrogens with zero attached hydrogens (tertiary/aromatic N) is 3. The van der Waals surface area contributed by atoms with Crippen LogP contribution in [0.25, 0.3) is 5.70 Å². The number of fused-ring (bicyclic) bond motifs is 1. The zero-order chi connectivity index (χ0) is 25.5. The summed E-state index contributed by atoms with van der Waals surface area (Å²) >= 11 is 0. The monoisotopic (exact) mass is 492 g/mol. The van der Waals surface area contributed by atoms with Gasteiger partial charge in [0.15, 0.2) is 0 Å². The molecule has 1 aromatic rings. The van der Waals surface area contributed by atoms with Crippen LogP contribution in [0.15, 0.2) is 48.8 Å². The third-order valence-electron chi connectivity index (χ3n) is 6.42. The third-order valence-corrected chi connectivity index (χ3v) is 6.42. The van der Waals surface area contributed by atoms with E-state index in [2.05, 4.69) is 18.1 Å². The molecule has 1 aromatic carbocycles. The van der Waals surface area contributed by atoms with Gasteiger partial charge < -0.3 is 10.2 Å². The van der Waals surface area contributed by atoms with Crippen molar-refractivity contribution in [2.75, 3.05) is 27.2 Å². The van der Waals surface area contributed by atoms with Gasteiger partial charge in [-0.3, -0.25) is 10.3 Å². The number of nitrogens with one attached hydrogen (secondary N) is 2. The fourth-order valence-corrected chi connectivity index (χ4v) is 4.23. The number of rotatable bonds is 7. The second-order valence-electron chi connectivity index (χ2n) is 9.99. The molecule has 2 amide bonds. The van der Waals surface area contributed by atoms with Gasteiger partial charge in [0.25, 0.3) is 0 Å². The van der Waals surface area contributed by atoms with Crippen molar-refractivity contribution in [2.24, 2.45) is 11.8 Å². The first-order valence-corrected chi connectivity index (χ1v) is 11.8. The van der Waals surface area contributed by atoms with Gasteiger partial charge in [0.1, 0.15) is 18.0 Å². The van der Waals surface area contributed by atoms with Crippen LogP contribution in [0.3, 0.4) is 0 Å². The Hall–Kier alpha value is -2.98. The van der Waals surface area contributed by atoms with Crippen molar-refractivity contribution in [3.63, 3.8) is 0 Å². The first-order chi connectivity index (χ1) is 16.3. The van der Waals surface area contributed by atoms with E-state index in [0.29, 0.717) is 17.4 Å². The molecule has 0 saturated heterocycles. The van der Waals surface area contributed by atoms with Crippen molar-refractivity contribution < 1.29 is 22.7 Å². The fourth-order valence-electron chi connectivity index (χ4n) is 4.23. The van der Waals surface area contributed by atoms with Gasteiger partial charge in [0.2, 0.25) is 0 Å². The number of benzene rings is 1. The minimum atomic E-state index is -4.49. The highest BCUT2D eigenvalue weighted by atomic mass is 19.4. The second kappa shape index (κ2) is 9.23. The van der Waals surface area contributed by atoms with Crippen LogP contribution >= 0.6 is 0 Å². The molecule has 190 valence electrons. The maximum Gasteiger partial charge on any atom is 0.421 e. The molecule has 1 atom stereocenters. The van der Waals surface area contributed by atoms with E-state index in [4.69, 9.17) is 4.74 Å². The molecule has 35 heavy (non-hydrogen) atoms. The molecule has 10 heteroatoms. The number of hydrazine groups is 2. The lowest BCUT2D eigenvalue weighted by molar-refractivity contribution is -0.123. The Balaban J connectivity index is 1.61. The Labute approximate surface area is 204 Å². The first-order valence-electron chi connectivity index (χ1n) is 11.8. The molecule has 4 rings (SSSR count). The molecule has 2 N–H and O–H groups in total. The molecule has 0 spiro atoms. The standard InChI is InChI=1S/C25H32F3N5O2/c1-16(2)35-22-11-20(10-21(12-22)33(4,5)24(34)29-15-25(26,27)28)23-13-30-32-14-19(8-9-31(23)32)17(3)18-6-7-18/h8-13,16,18-19,30H,3,6-7,14-15H2,1-2,4-5H3/p+1. The van der Waals surface area contributed by atoms with E-state index in [-0.39, 0.29) is 12.0 Å². The first kappa shape index (κ1) is 25.1. The highest BCUT2D eigenvalue weighted by Gasteiger charge is 2.37. The number of amides is 2. The largest absolute Gasteiger partial charge is 0.491 e. The Kier molecular flexibility index (Phi) is 6.63. The van der Waals surface area contributed by atoms with Gasteiger partial charge in [-0.05, 0) is 38.7 Å². The summed E-state index contributed by atoms with van der Waals surface area (Å²) in [4.78, 5) is 12.7. The molecule has 2 aliphatic heterocycles. The average molecular weight is 493 g/mol. The molecule has 2 heterocycles. The normalized spacial score (nSPS) is 20.4. The van der Waals surface area contributed by atoms with Gasteiger partial charge in [-0.25, -0.2) is 9.28 Å². The van der Waals surface area contributed by atoms with Crippen LogP contribution in [0.4, 0.5) is 23.7 Å². The highest BCUT2D eigenvalue weighted by molar-refractivity contribution is 5.87. The minimum Gasteiger partial charge on any atom is -0.491 e. The number of carbonyl (C=O) groups is 1. The van der Waals surface area contributed by atoms with E-state index < -0.39 is 23.2 Å². The Morgan fingerprint density at radius 1 is 1.29 bits per heavy atom. The second-order valence-corrected chi connectivity index (χ2v) is 9.99. The van der Waals surface area contributed by atoms with Crippen LogP contribution < -0.4 is 20.0 Å². The van der Waals surface area contributed by atoms with Crippen LogP contribution in [-0.2, 0) is 0 Å². The van der Waals surface area contributed by atoms with Crippen LogP contribution in [0.1, 0.15) is 32.3 Å². The number of hydrogen-bond donors (Lipinski definition) is 2. The molecule has 1 fully saturated rings. The molecular weight excluding hydrogens is 459 g/mol. The summed E-state index contributed by atoms with van der Waals surface area (Å²) in [6, 6.07) is 4.60. The van der Waals surface area contributed by atoms with Crippen molar-refractivity contribution in [3.8, 4) is 5.75 Å². The van der Waals surface area contributed by atoms with Gasteiger partial charge >= 0.3 is 12.2 Å². The molecule has 7 nitrogen and oxygen atoms in total. The van der Waals surface area contributed by atoms with Crippen LogP contribution in [0.2, 0.25) is 0 Å². The predicted molar refractivity (Wildman–Crippen MR) is 129 cm³/mol. The lowest BCUT2D eigenvalue weighted by Gasteiger charge is -2.35. The zero-order valence-corrected chi connectivity index (χ0v) is 20.5. The molecular formula is C25H33F3N5O2+. The van der Waals surface area contributed by atoms with E-state index >= 15 is 0 Å². The minimum absolute atomic E-state index is 0.121. The van der Waals surface area contributed by atoms with Gasteiger partial charge in [-0.15, -0.1) is 5.12 Å². The van der Waals surface area contributed by atoms with Crippen LogP contribution in [-0.4, -0.2) is 55.6 Å². The van der Waals surface area contributed by atoms with E-state index in [1.165, 1.54) is 18.4 Å². The number of carbonyl (C=O) groups excluding carboxylic acids is 1. The molecule has 3 aliphatic rings. The zero-order valence-electron chi connectivity index (χ0n) is 20.5. The summed E-state index contributed by atoms with van der Waals surface area (Å²) < 4.78 is 43.6. The van der Waals surface area contributed by atoms with Crippen molar-refractivity contribution >= 4 is 17.4 Å². The molecule has 0 radical (unpaired) electrons. The fraction of sp³-hybridized carbons (Fsp3) is 0.480. The van der Waals surface area contributed by atoms with E-state index in [9.17, 15) is 18.0 Å². The SMILES string of the molecule is C=C(C1C=CN2C(c3cc(OC(C)C)cc([N+](C)(C)C(=O)NCC(F)(F)F)c3)=CNN2C1)C1CC1. The van der Waals surface area contributed by atoms with Crippen molar-refractivity contribution in [1.82, 2.24) is 25.4 Å². The summed E-state index contributed by atoms with van der Waals surface area (Å²) in [6.45, 7) is 7.42. The number of ether oxygens (including phenoxy) is 1. The van der Waals surface area contributed by atoms with E-state index in [1.54, 1.807) is 26.2 Å².